The minimum Gasteiger partial charge on any atom is -0.372 e. The molecule has 4 N–H and O–H groups in total. The quantitative estimate of drug-likeness (QED) is 0.751. The number of nitrogens with zero attached hydrogens (tertiary/aromatic N) is 2. The summed E-state index contributed by atoms with van der Waals surface area (Å²) in [6.45, 7) is 1.73. The Balaban J connectivity index is 0.000000595. The highest BCUT2D eigenvalue weighted by Gasteiger charge is 2.08. The number of anilines is 2. The number of carbonyl (C=O) groups is 1. The Labute approximate surface area is 134 Å². The molecule has 0 spiro atoms. The SMILES string of the molecule is N#Cc1cccc(Nc2cccc(C3=NCCN3)c2)c1.NC=O. The van der Waals surface area contributed by atoms with Gasteiger partial charge in [0, 0.05) is 23.5 Å². The molecule has 3 rings (SSSR count). The lowest BCUT2D eigenvalue weighted by atomic mass is 10.1. The van der Waals surface area contributed by atoms with Crippen molar-refractivity contribution >= 4 is 23.6 Å². The lowest BCUT2D eigenvalue weighted by Crippen LogP contribution is -2.19. The average molecular weight is 307 g/mol. The predicted octanol–water partition coefficient (Wildman–Crippen LogP) is 1.75. The zero-order valence-corrected chi connectivity index (χ0v) is 12.5. The number of nitrogens with one attached hydrogen (secondary N) is 2. The molecule has 2 aromatic carbocycles. The maximum Gasteiger partial charge on any atom is 0.204 e. The van der Waals surface area contributed by atoms with Crippen molar-refractivity contribution in [2.45, 2.75) is 0 Å². The first-order valence-electron chi connectivity index (χ1n) is 7.08. The monoisotopic (exact) mass is 307 g/mol. The van der Waals surface area contributed by atoms with Crippen LogP contribution in [0.25, 0.3) is 0 Å². The van der Waals surface area contributed by atoms with Crippen LogP contribution in [0.4, 0.5) is 11.4 Å². The second-order valence-corrected chi connectivity index (χ2v) is 4.69. The van der Waals surface area contributed by atoms with Crippen LogP contribution in [0.2, 0.25) is 0 Å². The van der Waals surface area contributed by atoms with E-state index in [2.05, 4.69) is 33.5 Å². The average Bonchev–Trinajstić information content (AvgIpc) is 3.11. The molecule has 0 aliphatic carbocycles. The molecule has 0 aromatic heterocycles. The summed E-state index contributed by atoms with van der Waals surface area (Å²) in [4.78, 5) is 13.0. The van der Waals surface area contributed by atoms with E-state index in [1.165, 1.54) is 0 Å². The Morgan fingerprint density at radius 2 is 1.91 bits per heavy atom. The van der Waals surface area contributed by atoms with E-state index in [9.17, 15) is 0 Å². The first-order valence-corrected chi connectivity index (χ1v) is 7.08. The highest BCUT2D eigenvalue weighted by Crippen LogP contribution is 2.19. The van der Waals surface area contributed by atoms with Gasteiger partial charge in [0.1, 0.15) is 5.84 Å². The molecular weight excluding hydrogens is 290 g/mol. The van der Waals surface area contributed by atoms with E-state index in [0.717, 1.165) is 35.9 Å². The molecule has 1 aliphatic rings. The van der Waals surface area contributed by atoms with E-state index in [0.29, 0.717) is 5.56 Å². The van der Waals surface area contributed by atoms with Gasteiger partial charge >= 0.3 is 0 Å². The molecule has 1 aliphatic heterocycles. The van der Waals surface area contributed by atoms with E-state index >= 15 is 0 Å². The van der Waals surface area contributed by atoms with Crippen LogP contribution in [-0.4, -0.2) is 25.3 Å². The summed E-state index contributed by atoms with van der Waals surface area (Å²) in [6.07, 6.45) is 0.250. The summed E-state index contributed by atoms with van der Waals surface area (Å²) in [6, 6.07) is 17.7. The lowest BCUT2D eigenvalue weighted by Gasteiger charge is -2.09. The largest absolute Gasteiger partial charge is 0.372 e. The second kappa shape index (κ2) is 8.20. The van der Waals surface area contributed by atoms with Gasteiger partial charge in [-0.05, 0) is 30.3 Å². The molecule has 0 radical (unpaired) electrons. The number of hydrogen-bond donors (Lipinski definition) is 3. The highest BCUT2D eigenvalue weighted by molar-refractivity contribution is 6.00. The third-order valence-electron chi connectivity index (χ3n) is 3.09. The Morgan fingerprint density at radius 3 is 2.57 bits per heavy atom. The van der Waals surface area contributed by atoms with Crippen molar-refractivity contribution in [1.29, 1.82) is 5.26 Å². The van der Waals surface area contributed by atoms with Crippen LogP contribution >= 0.6 is 0 Å². The van der Waals surface area contributed by atoms with Gasteiger partial charge in [-0.3, -0.25) is 9.79 Å². The number of carbonyl (C=O) groups excluding carboxylic acids is 1. The molecule has 0 fully saturated rings. The fourth-order valence-corrected chi connectivity index (χ4v) is 2.17. The third kappa shape index (κ3) is 4.58. The number of nitrogens with two attached hydrogens (primary N) is 1. The second-order valence-electron chi connectivity index (χ2n) is 4.69. The molecular formula is C17H17N5O. The Morgan fingerprint density at radius 1 is 1.22 bits per heavy atom. The number of benzene rings is 2. The van der Waals surface area contributed by atoms with Gasteiger partial charge in [0.25, 0.3) is 0 Å². The van der Waals surface area contributed by atoms with Crippen molar-refractivity contribution in [2.75, 3.05) is 18.4 Å². The minimum absolute atomic E-state index is 0.250. The number of nitriles is 1. The van der Waals surface area contributed by atoms with E-state index in [4.69, 9.17) is 10.1 Å². The van der Waals surface area contributed by atoms with Crippen LogP contribution in [0, 0.1) is 11.3 Å². The summed E-state index contributed by atoms with van der Waals surface area (Å²) in [5.74, 6) is 0.944. The van der Waals surface area contributed by atoms with Gasteiger partial charge in [0.2, 0.25) is 6.41 Å². The van der Waals surface area contributed by atoms with E-state index in [1.54, 1.807) is 6.07 Å². The molecule has 0 bridgehead atoms. The third-order valence-corrected chi connectivity index (χ3v) is 3.09. The van der Waals surface area contributed by atoms with Crippen molar-refractivity contribution < 1.29 is 4.79 Å². The van der Waals surface area contributed by atoms with Crippen molar-refractivity contribution in [3.63, 3.8) is 0 Å². The smallest absolute Gasteiger partial charge is 0.204 e. The van der Waals surface area contributed by atoms with E-state index < -0.39 is 0 Å². The molecule has 6 nitrogen and oxygen atoms in total. The van der Waals surface area contributed by atoms with Crippen molar-refractivity contribution in [2.24, 2.45) is 10.7 Å². The molecule has 2 aromatic rings. The molecule has 1 heterocycles. The molecule has 0 unspecified atom stereocenters. The Kier molecular flexibility index (Phi) is 5.72. The van der Waals surface area contributed by atoms with E-state index in [-0.39, 0.29) is 6.41 Å². The fourth-order valence-electron chi connectivity index (χ4n) is 2.17. The molecule has 0 saturated heterocycles. The topological polar surface area (TPSA) is 103 Å². The molecule has 1 amide bonds. The first kappa shape index (κ1) is 16.0. The number of primary amides is 1. The molecule has 0 atom stereocenters. The van der Waals surface area contributed by atoms with Crippen LogP contribution in [0.1, 0.15) is 11.1 Å². The summed E-state index contributed by atoms with van der Waals surface area (Å²) >= 11 is 0. The maximum absolute atomic E-state index is 8.91. The van der Waals surface area contributed by atoms with Gasteiger partial charge < -0.3 is 16.4 Å². The first-order chi connectivity index (χ1) is 11.3. The number of hydrogen-bond acceptors (Lipinski definition) is 5. The Hall–Kier alpha value is -3.33. The molecule has 116 valence electrons. The van der Waals surface area contributed by atoms with Crippen molar-refractivity contribution in [3.8, 4) is 6.07 Å². The van der Waals surface area contributed by atoms with Gasteiger partial charge in [-0.25, -0.2) is 0 Å². The summed E-state index contributed by atoms with van der Waals surface area (Å²) in [5.41, 5.74) is 7.77. The van der Waals surface area contributed by atoms with Gasteiger partial charge in [0.05, 0.1) is 18.2 Å². The maximum atomic E-state index is 8.91. The van der Waals surface area contributed by atoms with Crippen LogP contribution in [-0.2, 0) is 4.79 Å². The van der Waals surface area contributed by atoms with Gasteiger partial charge in [-0.2, -0.15) is 5.26 Å². The number of amides is 1. The van der Waals surface area contributed by atoms with Crippen LogP contribution in [0.5, 0.6) is 0 Å². The number of aliphatic imine (C=N–C) groups is 1. The van der Waals surface area contributed by atoms with Crippen LogP contribution in [0.3, 0.4) is 0 Å². The normalized spacial score (nSPS) is 12.0. The number of amidine groups is 1. The number of rotatable bonds is 3. The lowest BCUT2D eigenvalue weighted by molar-refractivity contribution is -0.106. The van der Waals surface area contributed by atoms with Gasteiger partial charge in [-0.15, -0.1) is 0 Å². The van der Waals surface area contributed by atoms with E-state index in [1.807, 2.05) is 36.4 Å². The summed E-state index contributed by atoms with van der Waals surface area (Å²) in [5, 5.41) is 15.5. The Bertz CT molecular complexity index is 749. The summed E-state index contributed by atoms with van der Waals surface area (Å²) in [7, 11) is 0. The summed E-state index contributed by atoms with van der Waals surface area (Å²) < 4.78 is 0. The predicted molar refractivity (Wildman–Crippen MR) is 90.5 cm³/mol. The van der Waals surface area contributed by atoms with Gasteiger partial charge in [-0.1, -0.05) is 18.2 Å². The molecule has 23 heavy (non-hydrogen) atoms. The molecule has 6 heteroatoms. The van der Waals surface area contributed by atoms with Crippen LogP contribution < -0.4 is 16.4 Å². The van der Waals surface area contributed by atoms with Crippen molar-refractivity contribution in [1.82, 2.24) is 5.32 Å². The standard InChI is InChI=1S/C16H14N4.CH3NO/c17-11-12-3-1-5-14(9-12)20-15-6-2-4-13(10-15)16-18-7-8-19-16;2-1-3/h1-6,9-10,20H,7-8H2,(H,18,19);1H,(H2,2,3). The highest BCUT2D eigenvalue weighted by atomic mass is 16.1. The van der Waals surface area contributed by atoms with Gasteiger partial charge in [0.15, 0.2) is 0 Å². The minimum atomic E-state index is 0.250. The fraction of sp³-hybridized carbons (Fsp3) is 0.118. The molecule has 0 saturated carbocycles. The van der Waals surface area contributed by atoms with Crippen molar-refractivity contribution in [3.05, 3.63) is 59.7 Å². The van der Waals surface area contributed by atoms with Crippen LogP contribution in [0.15, 0.2) is 53.5 Å². The zero-order chi connectivity index (χ0) is 16.5. The zero-order valence-electron chi connectivity index (χ0n) is 12.5.